The summed E-state index contributed by atoms with van der Waals surface area (Å²) in [6.07, 6.45) is 5.53. The molecule has 0 fully saturated rings. The minimum atomic E-state index is -0.0757. The van der Waals surface area contributed by atoms with E-state index >= 15 is 0 Å². The smallest absolute Gasteiger partial charge is 0.188 e. The number of hydrogen-bond donors (Lipinski definition) is 0. The van der Waals surface area contributed by atoms with Crippen LogP contribution in [-0.4, -0.2) is 121 Å². The van der Waals surface area contributed by atoms with Crippen LogP contribution in [-0.2, 0) is 44.7 Å². The maximum atomic E-state index is 11.5. The second kappa shape index (κ2) is 56.6. The number of carbonyl (C=O) groups is 6. The van der Waals surface area contributed by atoms with E-state index in [1.54, 1.807) is 42.7 Å². The van der Waals surface area contributed by atoms with Crippen LogP contribution >= 0.6 is 51.5 Å². The zero-order chi connectivity index (χ0) is 99.8. The van der Waals surface area contributed by atoms with Crippen LogP contribution in [0.5, 0.6) is 34.5 Å². The molecule has 6 atom stereocenters. The van der Waals surface area contributed by atoms with Gasteiger partial charge in [-0.1, -0.05) is 293 Å². The maximum absolute atomic E-state index is 11.5. The van der Waals surface area contributed by atoms with E-state index in [-0.39, 0.29) is 57.0 Å². The van der Waals surface area contributed by atoms with Gasteiger partial charge in [-0.15, -0.1) is 0 Å². The first-order chi connectivity index (χ1) is 64.9. The number of ether oxygens (including phenoxy) is 12. The van der Waals surface area contributed by atoms with Gasteiger partial charge >= 0.3 is 0 Å². The van der Waals surface area contributed by atoms with Gasteiger partial charge in [-0.2, -0.15) is 0 Å². The van der Waals surface area contributed by atoms with Gasteiger partial charge in [0.2, 0.25) is 0 Å². The largest absolute Gasteiger partial charge is 0.467 e. The fourth-order valence-corrected chi connectivity index (χ4v) is 21.8. The third kappa shape index (κ3) is 35.4. The first-order valence-electron chi connectivity index (χ1n) is 44.3. The molecule has 0 radical (unpaired) electrons. The van der Waals surface area contributed by atoms with Gasteiger partial charge < -0.3 is 56.8 Å². The van der Waals surface area contributed by atoms with Gasteiger partial charge in [-0.3, -0.25) is 28.8 Å². The zero-order valence-corrected chi connectivity index (χ0v) is 89.3. The molecule has 24 heteroatoms. The Morgan fingerprint density at radius 1 is 0.221 bits per heavy atom. The van der Waals surface area contributed by atoms with Crippen LogP contribution in [0.25, 0.3) is 0 Å². The first kappa shape index (κ1) is 113. The Morgan fingerprint density at radius 2 is 0.507 bits per heavy atom. The highest BCUT2D eigenvalue weighted by Gasteiger charge is 2.28. The van der Waals surface area contributed by atoms with E-state index in [4.69, 9.17) is 56.8 Å². The lowest BCUT2D eigenvalue weighted by Crippen LogP contribution is -2.24. The zero-order valence-electron chi connectivity index (χ0n) is 83.3. The highest BCUT2D eigenvalue weighted by molar-refractivity contribution is 7.57. The summed E-state index contributed by atoms with van der Waals surface area (Å²) >= 11 is 0. The third-order valence-corrected chi connectivity index (χ3v) is 29.1. The summed E-state index contributed by atoms with van der Waals surface area (Å²) in [7, 11) is 11.8. The van der Waals surface area contributed by atoms with Gasteiger partial charge in [-0.05, 0) is 212 Å². The normalized spacial score (nSPS) is 11.5. The first-order valence-corrected chi connectivity index (χ1v) is 50.3. The molecule has 18 nitrogen and oxygen atoms in total. The fourth-order valence-electron chi connectivity index (χ4n) is 14.0. The van der Waals surface area contributed by atoms with Gasteiger partial charge in [0, 0.05) is 119 Å². The second-order valence-electron chi connectivity index (χ2n) is 35.5. The number of aryl methyl sites for hydroxylation is 10. The number of hydrogen-bond acceptors (Lipinski definition) is 18. The van der Waals surface area contributed by atoms with Crippen LogP contribution < -0.4 is 92.1 Å². The average Bonchev–Trinajstić information content (AvgIpc) is 0.779. The number of para-hydroxylation sites is 2. The predicted octanol–water partition coefficient (Wildman–Crippen LogP) is 19.6. The molecular weight excluding hydrogens is 1820 g/mol. The number of rotatable bonds is 36. The summed E-state index contributed by atoms with van der Waals surface area (Å²) in [5.41, 5.74) is 19.1. The third-order valence-electron chi connectivity index (χ3n) is 20.8. The molecule has 720 valence electrons. The highest BCUT2D eigenvalue weighted by atomic mass is 31.1. The summed E-state index contributed by atoms with van der Waals surface area (Å²) in [6, 6.07) is 70.5. The lowest BCUT2D eigenvalue weighted by molar-refractivity contribution is 0.0504. The van der Waals surface area contributed by atoms with E-state index in [0.29, 0.717) is 51.5 Å². The summed E-state index contributed by atoms with van der Waals surface area (Å²) in [4.78, 5) is 67.9. The van der Waals surface area contributed by atoms with Crippen LogP contribution in [0.1, 0.15) is 197 Å². The van der Waals surface area contributed by atoms with Crippen molar-refractivity contribution in [1.29, 1.82) is 0 Å². The molecule has 12 aromatic rings. The van der Waals surface area contributed by atoms with Gasteiger partial charge in [0.1, 0.15) is 34.5 Å². The molecular formula is C112H134O18P6. The molecule has 0 aliphatic carbocycles. The van der Waals surface area contributed by atoms with Crippen LogP contribution in [0.4, 0.5) is 0 Å². The lowest BCUT2D eigenvalue weighted by Gasteiger charge is -2.29. The Labute approximate surface area is 817 Å². The molecule has 136 heavy (non-hydrogen) atoms. The highest BCUT2D eigenvalue weighted by Crippen LogP contribution is 2.40. The molecule has 0 spiro atoms. The number of methoxy groups -OCH3 is 6. The fraction of sp³-hybridized carbons (Fsp3) is 0.304. The van der Waals surface area contributed by atoms with Crippen molar-refractivity contribution in [3.63, 3.8) is 0 Å². The lowest BCUT2D eigenvalue weighted by atomic mass is 9.80. The molecule has 12 rings (SSSR count). The van der Waals surface area contributed by atoms with Gasteiger partial charge in [0.25, 0.3) is 0 Å². The quantitative estimate of drug-likeness (QED) is 0.0203. The topological polar surface area (TPSA) is 213 Å². The van der Waals surface area contributed by atoms with Crippen LogP contribution in [0.2, 0.25) is 0 Å². The predicted molar refractivity (Wildman–Crippen MR) is 574 cm³/mol. The van der Waals surface area contributed by atoms with Crippen molar-refractivity contribution in [2.45, 2.75) is 148 Å². The van der Waals surface area contributed by atoms with Crippen molar-refractivity contribution in [3.05, 3.63) is 318 Å². The SMILES string of the molecule is COCOc1c(C)cc(C)cc1Pc1ccc(C)cc1C=O.COCOc1c(C)cccc1Pc1ccc(C)cc1C=O.COCOc1c(Pc2ccc(C)cc2C=O)cc(C)cc1C(C)(C)C.COCOc1c(Pc2ccccc2C=O)cc(C(C)(C)C)cc1C(C)(C)C.COCOc1ccc(C)cc1Pc1ccc(C)cc1C=O.COCOc1ccccc1Pc1ccc(C)cc1C=O. The molecule has 0 N–H and O–H groups in total. The monoisotopic (exact) mass is 1950 g/mol. The molecule has 0 saturated heterocycles. The molecule has 0 aliphatic rings. The Morgan fingerprint density at radius 3 is 0.904 bits per heavy atom. The minimum Gasteiger partial charge on any atom is -0.467 e. The Kier molecular flexibility index (Phi) is 47.0. The van der Waals surface area contributed by atoms with E-state index in [1.165, 1.54) is 22.3 Å². The van der Waals surface area contributed by atoms with E-state index in [9.17, 15) is 28.8 Å². The minimum absolute atomic E-state index is 0.0171. The molecule has 0 bridgehead atoms. The maximum Gasteiger partial charge on any atom is 0.188 e. The average molecular weight is 1950 g/mol. The number of aldehydes is 6. The van der Waals surface area contributed by atoms with Crippen molar-refractivity contribution in [2.24, 2.45) is 0 Å². The number of benzene rings is 12. The van der Waals surface area contributed by atoms with E-state index in [2.05, 4.69) is 119 Å². The summed E-state index contributed by atoms with van der Waals surface area (Å²) in [6.45, 7) is 41.2. The van der Waals surface area contributed by atoms with Crippen LogP contribution in [0, 0.1) is 69.2 Å². The van der Waals surface area contributed by atoms with Crippen molar-refractivity contribution < 1.29 is 85.6 Å². The van der Waals surface area contributed by atoms with Crippen molar-refractivity contribution >= 4 is 153 Å². The van der Waals surface area contributed by atoms with E-state index < -0.39 is 0 Å². The molecule has 6 unspecified atom stereocenters. The molecule has 0 saturated carbocycles. The van der Waals surface area contributed by atoms with E-state index in [0.717, 1.165) is 219 Å². The Hall–Kier alpha value is -10.2. The van der Waals surface area contributed by atoms with Crippen LogP contribution in [0.15, 0.2) is 212 Å². The van der Waals surface area contributed by atoms with Crippen molar-refractivity contribution in [2.75, 3.05) is 83.4 Å². The van der Waals surface area contributed by atoms with Crippen molar-refractivity contribution in [1.82, 2.24) is 0 Å². The summed E-state index contributed by atoms with van der Waals surface area (Å²) < 4.78 is 64.8. The molecule has 0 heterocycles. The van der Waals surface area contributed by atoms with E-state index in [1.807, 2.05) is 225 Å². The molecule has 0 aliphatic heterocycles. The summed E-state index contributed by atoms with van der Waals surface area (Å²) in [5, 5.41) is 12.7. The van der Waals surface area contributed by atoms with Crippen molar-refractivity contribution in [3.8, 4) is 34.5 Å². The standard InChI is InChI=1S/C23H31O3P.C21H27O3P.C18H21O3P.2C17H19O3P.C16H17O3P/c1-22(2,3)17-12-18(23(4,5)6)21(26-15-25-7)20(13-17)27-19-11-9-8-10-16(19)14-24;1-14-7-8-18(16(9-14)12-22)25-19-11-15(2)10-17(21(3,4)5)20(19)24-13-23-6;1-12-5-6-16(15(8-12)10-19)22-17-9-13(2)7-14(3)18(17)21-11-20-4;1-12-5-7-16(14(8-12)10-18)21-17-9-13(2)4-6-15(17)20-11-19-3;1-12-7-8-15(14(9-12)10-18)21-16-6-4-5-13(2)17(16)20-11-19-3;1-12-7-8-15(13(9-12)10-17)20-16-6-4-3-5-14(16)19-11-18-2/h8-14,27H,15H2,1-7H3;7-12,25H,13H2,1-6H3;5-10,22H,11H2,1-4H3;2*4-10,21H,11H2,1-3H3;3-10,20H,11H2,1-2H3. The molecule has 12 aromatic carbocycles. The Balaban J connectivity index is 0.000000223. The van der Waals surface area contributed by atoms with Gasteiger partial charge in [0.15, 0.2) is 78.5 Å². The van der Waals surface area contributed by atoms with Crippen LogP contribution in [0.3, 0.4) is 0 Å². The second-order valence-corrected chi connectivity index (χ2v) is 43.5. The Bertz CT molecular complexity index is 5910. The van der Waals surface area contributed by atoms with Gasteiger partial charge in [0.05, 0.1) is 0 Å². The number of carbonyl (C=O) groups excluding carboxylic acids is 6. The molecule has 0 amide bonds. The van der Waals surface area contributed by atoms with Gasteiger partial charge in [-0.25, -0.2) is 0 Å². The molecule has 0 aromatic heterocycles. The summed E-state index contributed by atoms with van der Waals surface area (Å²) in [5.74, 6) is 5.04.